The van der Waals surface area contributed by atoms with Crippen molar-refractivity contribution in [1.29, 1.82) is 0 Å². The van der Waals surface area contributed by atoms with Crippen molar-refractivity contribution in [2.75, 3.05) is 16.8 Å². The maximum atomic E-state index is 12.7. The maximum Gasteiger partial charge on any atom is 0.433 e. The van der Waals surface area contributed by atoms with Gasteiger partial charge in [-0.25, -0.2) is 4.98 Å². The van der Waals surface area contributed by atoms with Crippen LogP contribution in [0.25, 0.3) is 0 Å². The van der Waals surface area contributed by atoms with Crippen molar-refractivity contribution >= 4 is 34.8 Å². The quantitative estimate of drug-likeness (QED) is 0.841. The molecular weight excluding hydrogens is 295 g/mol. The summed E-state index contributed by atoms with van der Waals surface area (Å²) in [6.45, 7) is 0. The van der Waals surface area contributed by atoms with Crippen molar-refractivity contribution < 1.29 is 13.2 Å². The van der Waals surface area contributed by atoms with Gasteiger partial charge in [0.1, 0.15) is 16.5 Å². The van der Waals surface area contributed by atoms with E-state index >= 15 is 0 Å². The lowest BCUT2D eigenvalue weighted by Crippen LogP contribution is -2.24. The highest BCUT2D eigenvalue weighted by molar-refractivity contribution is 7.99. The van der Waals surface area contributed by atoms with E-state index in [1.54, 1.807) is 11.8 Å². The summed E-state index contributed by atoms with van der Waals surface area (Å²) in [7, 11) is 0. The summed E-state index contributed by atoms with van der Waals surface area (Å²) in [4.78, 5) is 3.65. The number of hydrogen-bond acceptors (Lipinski definition) is 4. The SMILES string of the molecule is NC(=S)c1ccc(C(F)(F)F)nc1NC1CCSC1. The van der Waals surface area contributed by atoms with Crippen molar-refractivity contribution in [3.63, 3.8) is 0 Å². The van der Waals surface area contributed by atoms with Gasteiger partial charge in [0.2, 0.25) is 0 Å². The predicted molar refractivity (Wildman–Crippen MR) is 74.5 cm³/mol. The van der Waals surface area contributed by atoms with Crippen molar-refractivity contribution in [1.82, 2.24) is 4.98 Å². The van der Waals surface area contributed by atoms with E-state index in [0.29, 0.717) is 5.56 Å². The Labute approximate surface area is 118 Å². The fourth-order valence-electron chi connectivity index (χ4n) is 1.77. The van der Waals surface area contributed by atoms with Crippen LogP contribution in [0.4, 0.5) is 19.0 Å². The monoisotopic (exact) mass is 307 g/mol. The van der Waals surface area contributed by atoms with E-state index in [1.165, 1.54) is 6.07 Å². The highest BCUT2D eigenvalue weighted by atomic mass is 32.2. The van der Waals surface area contributed by atoms with E-state index in [1.807, 2.05) is 0 Å². The first-order chi connectivity index (χ1) is 8.88. The molecule has 2 rings (SSSR count). The van der Waals surface area contributed by atoms with Gasteiger partial charge in [0, 0.05) is 11.8 Å². The molecule has 1 aromatic rings. The van der Waals surface area contributed by atoms with Crippen LogP contribution in [-0.4, -0.2) is 27.5 Å². The standard InChI is InChI=1S/C11H12F3N3S2/c12-11(13,14)8-2-1-7(9(15)18)10(17-8)16-6-3-4-19-5-6/h1-2,6H,3-5H2,(H2,15,18)(H,16,17). The van der Waals surface area contributed by atoms with Gasteiger partial charge in [-0.2, -0.15) is 24.9 Å². The fourth-order valence-corrected chi connectivity index (χ4v) is 3.08. The molecule has 0 radical (unpaired) electrons. The van der Waals surface area contributed by atoms with E-state index in [4.69, 9.17) is 18.0 Å². The number of thioether (sulfide) groups is 1. The van der Waals surface area contributed by atoms with Gasteiger partial charge in [0.25, 0.3) is 0 Å². The lowest BCUT2D eigenvalue weighted by Gasteiger charge is -2.17. The summed E-state index contributed by atoms with van der Waals surface area (Å²) in [5.41, 5.74) is 4.92. The molecule has 2 heterocycles. The number of nitrogens with zero attached hydrogens (tertiary/aromatic N) is 1. The highest BCUT2D eigenvalue weighted by Crippen LogP contribution is 2.30. The number of hydrogen-bond donors (Lipinski definition) is 2. The number of rotatable bonds is 3. The zero-order valence-electron chi connectivity index (χ0n) is 9.83. The topological polar surface area (TPSA) is 50.9 Å². The molecule has 0 aliphatic carbocycles. The molecule has 1 saturated heterocycles. The summed E-state index contributed by atoms with van der Waals surface area (Å²) >= 11 is 6.59. The van der Waals surface area contributed by atoms with Crippen molar-refractivity contribution in [2.45, 2.75) is 18.6 Å². The lowest BCUT2D eigenvalue weighted by atomic mass is 10.2. The maximum absolute atomic E-state index is 12.7. The zero-order chi connectivity index (χ0) is 14.0. The molecule has 0 amide bonds. The molecule has 1 fully saturated rings. The fraction of sp³-hybridized carbons (Fsp3) is 0.455. The van der Waals surface area contributed by atoms with E-state index in [0.717, 1.165) is 24.0 Å². The Morgan fingerprint density at radius 1 is 1.47 bits per heavy atom. The summed E-state index contributed by atoms with van der Waals surface area (Å²) in [6, 6.07) is 2.26. The molecule has 8 heteroatoms. The molecule has 0 spiro atoms. The summed E-state index contributed by atoms with van der Waals surface area (Å²) in [5.74, 6) is 1.95. The first-order valence-corrected chi connectivity index (χ1v) is 7.16. The average molecular weight is 307 g/mol. The second kappa shape index (κ2) is 5.54. The van der Waals surface area contributed by atoms with Crippen molar-refractivity contribution in [3.05, 3.63) is 23.4 Å². The van der Waals surface area contributed by atoms with Gasteiger partial charge in [0.05, 0.1) is 5.56 Å². The highest BCUT2D eigenvalue weighted by Gasteiger charge is 2.33. The molecule has 0 saturated carbocycles. The van der Waals surface area contributed by atoms with E-state index in [-0.39, 0.29) is 16.8 Å². The Morgan fingerprint density at radius 2 is 2.21 bits per heavy atom. The first-order valence-electron chi connectivity index (χ1n) is 5.60. The van der Waals surface area contributed by atoms with E-state index in [9.17, 15) is 13.2 Å². The van der Waals surface area contributed by atoms with Gasteiger partial charge in [-0.3, -0.25) is 0 Å². The van der Waals surface area contributed by atoms with Gasteiger partial charge in [-0.15, -0.1) is 0 Å². The Bertz CT molecular complexity index is 485. The van der Waals surface area contributed by atoms with Gasteiger partial charge >= 0.3 is 6.18 Å². The van der Waals surface area contributed by atoms with Crippen molar-refractivity contribution in [2.24, 2.45) is 5.73 Å². The van der Waals surface area contributed by atoms with Gasteiger partial charge in [-0.05, 0) is 24.3 Å². The Kier molecular flexibility index (Phi) is 4.19. The number of thiocarbonyl (C=S) groups is 1. The molecule has 104 valence electrons. The molecular formula is C11H12F3N3S2. The molecule has 1 aliphatic rings. The number of halogens is 3. The van der Waals surface area contributed by atoms with Gasteiger partial charge in [-0.1, -0.05) is 12.2 Å². The molecule has 0 aromatic carbocycles. The second-order valence-electron chi connectivity index (χ2n) is 4.16. The largest absolute Gasteiger partial charge is 0.433 e. The molecule has 19 heavy (non-hydrogen) atoms. The number of nitrogens with two attached hydrogens (primary N) is 1. The minimum absolute atomic E-state index is 0.0365. The molecule has 1 aliphatic heterocycles. The summed E-state index contributed by atoms with van der Waals surface area (Å²) in [6.07, 6.45) is -3.59. The predicted octanol–water partition coefficient (Wildman–Crippen LogP) is 2.65. The third-order valence-electron chi connectivity index (χ3n) is 2.72. The number of pyridine rings is 1. The Hall–Kier alpha value is -1.02. The second-order valence-corrected chi connectivity index (χ2v) is 5.75. The molecule has 1 aromatic heterocycles. The third-order valence-corrected chi connectivity index (χ3v) is 4.10. The van der Waals surface area contributed by atoms with Crippen LogP contribution in [0, 0.1) is 0 Å². The van der Waals surface area contributed by atoms with E-state index < -0.39 is 11.9 Å². The van der Waals surface area contributed by atoms with E-state index in [2.05, 4.69) is 10.3 Å². The molecule has 3 nitrogen and oxygen atoms in total. The van der Waals surface area contributed by atoms with Crippen LogP contribution >= 0.6 is 24.0 Å². The van der Waals surface area contributed by atoms with Gasteiger partial charge < -0.3 is 11.1 Å². The van der Waals surface area contributed by atoms with Crippen LogP contribution < -0.4 is 11.1 Å². The smallest absolute Gasteiger partial charge is 0.389 e. The normalized spacial score (nSPS) is 19.4. The molecule has 1 unspecified atom stereocenters. The van der Waals surface area contributed by atoms with Crippen LogP contribution in [0.3, 0.4) is 0 Å². The van der Waals surface area contributed by atoms with Gasteiger partial charge in [0.15, 0.2) is 0 Å². The number of nitrogens with one attached hydrogen (secondary N) is 1. The van der Waals surface area contributed by atoms with Crippen LogP contribution in [0.5, 0.6) is 0 Å². The summed E-state index contributed by atoms with van der Waals surface area (Å²) < 4.78 is 38.0. The zero-order valence-corrected chi connectivity index (χ0v) is 11.5. The molecule has 0 bridgehead atoms. The van der Waals surface area contributed by atoms with Crippen molar-refractivity contribution in [3.8, 4) is 0 Å². The minimum atomic E-state index is -4.48. The van der Waals surface area contributed by atoms with Crippen LogP contribution in [0.2, 0.25) is 0 Å². The van der Waals surface area contributed by atoms with Crippen LogP contribution in [0.15, 0.2) is 12.1 Å². The minimum Gasteiger partial charge on any atom is -0.389 e. The number of aromatic nitrogens is 1. The number of anilines is 1. The van der Waals surface area contributed by atoms with Crippen LogP contribution in [0.1, 0.15) is 17.7 Å². The molecule has 3 N–H and O–H groups in total. The average Bonchev–Trinajstić information content (AvgIpc) is 2.80. The van der Waals surface area contributed by atoms with Crippen LogP contribution in [-0.2, 0) is 6.18 Å². The Balaban J connectivity index is 2.32. The lowest BCUT2D eigenvalue weighted by molar-refractivity contribution is -0.141. The Morgan fingerprint density at radius 3 is 2.74 bits per heavy atom. The third kappa shape index (κ3) is 3.50. The number of alkyl halides is 3. The molecule has 1 atom stereocenters. The summed E-state index contributed by atoms with van der Waals surface area (Å²) in [5, 5.41) is 3.00. The first kappa shape index (κ1) is 14.4.